The van der Waals surface area contributed by atoms with Crippen molar-refractivity contribution < 1.29 is 14.6 Å². The van der Waals surface area contributed by atoms with Crippen LogP contribution in [0.2, 0.25) is 0 Å². The van der Waals surface area contributed by atoms with Gasteiger partial charge >= 0.3 is 6.09 Å². The SMILES string of the molecule is CC[C@@H](CO)NCc1cccc2c1N(C(=O)OC(C)(C)C)CCC2. The zero-order valence-corrected chi connectivity index (χ0v) is 15.3. The Kier molecular flexibility index (Phi) is 6.24. The van der Waals surface area contributed by atoms with Gasteiger partial charge in [-0.05, 0) is 51.2 Å². The Hall–Kier alpha value is -1.59. The summed E-state index contributed by atoms with van der Waals surface area (Å²) in [6.07, 6.45) is 2.49. The van der Waals surface area contributed by atoms with Crippen LogP contribution >= 0.6 is 0 Å². The molecule has 0 aromatic heterocycles. The zero-order valence-electron chi connectivity index (χ0n) is 15.3. The van der Waals surface area contributed by atoms with E-state index in [1.807, 2.05) is 39.8 Å². The number of rotatable bonds is 5. The highest BCUT2D eigenvalue weighted by atomic mass is 16.6. The van der Waals surface area contributed by atoms with Crippen molar-refractivity contribution in [2.24, 2.45) is 0 Å². The third-order valence-electron chi connectivity index (χ3n) is 4.21. The van der Waals surface area contributed by atoms with Gasteiger partial charge in [-0.25, -0.2) is 4.79 Å². The van der Waals surface area contributed by atoms with Crippen molar-refractivity contribution >= 4 is 11.8 Å². The first-order valence-corrected chi connectivity index (χ1v) is 8.81. The number of aryl methyl sites for hydroxylation is 1. The van der Waals surface area contributed by atoms with Gasteiger partial charge in [0.2, 0.25) is 0 Å². The normalized spacial score (nSPS) is 15.8. The summed E-state index contributed by atoms with van der Waals surface area (Å²) in [6, 6.07) is 6.23. The number of hydrogen-bond acceptors (Lipinski definition) is 4. The molecule has 0 fully saturated rings. The van der Waals surface area contributed by atoms with Crippen LogP contribution < -0.4 is 10.2 Å². The van der Waals surface area contributed by atoms with Crippen molar-refractivity contribution in [3.63, 3.8) is 0 Å². The van der Waals surface area contributed by atoms with Gasteiger partial charge in [-0.1, -0.05) is 25.1 Å². The molecule has 2 N–H and O–H groups in total. The minimum Gasteiger partial charge on any atom is -0.443 e. The van der Waals surface area contributed by atoms with Crippen molar-refractivity contribution in [2.45, 2.75) is 65.1 Å². The van der Waals surface area contributed by atoms with Crippen molar-refractivity contribution in [3.05, 3.63) is 29.3 Å². The summed E-state index contributed by atoms with van der Waals surface area (Å²) >= 11 is 0. The number of fused-ring (bicyclic) bond motifs is 1. The summed E-state index contributed by atoms with van der Waals surface area (Å²) in [5.41, 5.74) is 2.72. The van der Waals surface area contributed by atoms with Crippen LogP contribution in [0.25, 0.3) is 0 Å². The number of amides is 1. The number of aliphatic hydroxyl groups excluding tert-OH is 1. The Balaban J connectivity index is 2.24. The van der Waals surface area contributed by atoms with Crippen molar-refractivity contribution in [3.8, 4) is 0 Å². The molecule has 0 unspecified atom stereocenters. The average Bonchev–Trinajstić information content (AvgIpc) is 2.53. The van der Waals surface area contributed by atoms with E-state index in [-0.39, 0.29) is 18.7 Å². The molecule has 1 amide bonds. The first-order chi connectivity index (χ1) is 11.4. The van der Waals surface area contributed by atoms with E-state index in [9.17, 15) is 9.90 Å². The standard InChI is InChI=1S/C19H30N2O3/c1-5-16(13-22)20-12-15-9-6-8-14-10-7-11-21(17(14)15)18(23)24-19(2,3)4/h6,8-9,16,20,22H,5,7,10-13H2,1-4H3/t16-/m0/s1. The first kappa shape index (κ1) is 18.7. The van der Waals surface area contributed by atoms with E-state index in [1.54, 1.807) is 4.90 Å². The van der Waals surface area contributed by atoms with E-state index in [2.05, 4.69) is 11.4 Å². The highest BCUT2D eigenvalue weighted by Gasteiger charge is 2.29. The third kappa shape index (κ3) is 4.71. The molecule has 1 heterocycles. The van der Waals surface area contributed by atoms with Crippen LogP contribution in [0.5, 0.6) is 0 Å². The van der Waals surface area contributed by atoms with Crippen LogP contribution in [0.3, 0.4) is 0 Å². The lowest BCUT2D eigenvalue weighted by molar-refractivity contribution is 0.0577. The number of para-hydroxylation sites is 1. The van der Waals surface area contributed by atoms with E-state index in [1.165, 1.54) is 5.56 Å². The largest absolute Gasteiger partial charge is 0.443 e. The van der Waals surface area contributed by atoms with Gasteiger partial charge in [-0.3, -0.25) is 4.90 Å². The van der Waals surface area contributed by atoms with Crippen LogP contribution in [0.15, 0.2) is 18.2 Å². The zero-order chi connectivity index (χ0) is 17.7. The molecule has 0 radical (unpaired) electrons. The molecule has 2 rings (SSSR count). The molecule has 0 saturated carbocycles. The molecule has 0 bridgehead atoms. The maximum Gasteiger partial charge on any atom is 0.414 e. The molecule has 0 saturated heterocycles. The molecule has 0 spiro atoms. The monoisotopic (exact) mass is 334 g/mol. The predicted molar refractivity (Wildman–Crippen MR) is 96.3 cm³/mol. The lowest BCUT2D eigenvalue weighted by Gasteiger charge is -2.33. The number of carbonyl (C=O) groups excluding carboxylic acids is 1. The average molecular weight is 334 g/mol. The molecule has 5 nitrogen and oxygen atoms in total. The van der Waals surface area contributed by atoms with E-state index >= 15 is 0 Å². The fourth-order valence-corrected chi connectivity index (χ4v) is 2.97. The van der Waals surface area contributed by atoms with Crippen LogP contribution in [0.4, 0.5) is 10.5 Å². The fourth-order valence-electron chi connectivity index (χ4n) is 2.97. The van der Waals surface area contributed by atoms with Gasteiger partial charge in [-0.2, -0.15) is 0 Å². The van der Waals surface area contributed by atoms with Crippen molar-refractivity contribution in [1.29, 1.82) is 0 Å². The summed E-state index contributed by atoms with van der Waals surface area (Å²) < 4.78 is 5.58. The molecular weight excluding hydrogens is 304 g/mol. The molecule has 5 heteroatoms. The summed E-state index contributed by atoms with van der Waals surface area (Å²) in [6.45, 7) is 9.11. The summed E-state index contributed by atoms with van der Waals surface area (Å²) in [5, 5.41) is 12.7. The fraction of sp³-hybridized carbons (Fsp3) is 0.632. The van der Waals surface area contributed by atoms with Crippen molar-refractivity contribution in [1.82, 2.24) is 5.32 Å². The first-order valence-electron chi connectivity index (χ1n) is 8.81. The third-order valence-corrected chi connectivity index (χ3v) is 4.21. The number of anilines is 1. The van der Waals surface area contributed by atoms with Gasteiger partial charge < -0.3 is 15.2 Å². The topological polar surface area (TPSA) is 61.8 Å². The van der Waals surface area contributed by atoms with Crippen LogP contribution in [-0.2, 0) is 17.7 Å². The summed E-state index contributed by atoms with van der Waals surface area (Å²) in [7, 11) is 0. The number of hydrogen-bond donors (Lipinski definition) is 2. The van der Waals surface area contributed by atoms with Gasteiger partial charge in [0.15, 0.2) is 0 Å². The van der Waals surface area contributed by atoms with Gasteiger partial charge in [0.25, 0.3) is 0 Å². The second-order valence-electron chi connectivity index (χ2n) is 7.33. The van der Waals surface area contributed by atoms with Crippen LogP contribution in [-0.4, -0.2) is 36.0 Å². The quantitative estimate of drug-likeness (QED) is 0.868. The predicted octanol–water partition coefficient (Wildman–Crippen LogP) is 3.23. The van der Waals surface area contributed by atoms with Gasteiger partial charge in [0.05, 0.1) is 12.3 Å². The Morgan fingerprint density at radius 2 is 2.17 bits per heavy atom. The smallest absolute Gasteiger partial charge is 0.414 e. The highest BCUT2D eigenvalue weighted by Crippen LogP contribution is 2.32. The Bertz CT molecular complexity index is 562. The number of benzene rings is 1. The lowest BCUT2D eigenvalue weighted by Crippen LogP contribution is -2.41. The molecule has 1 aliphatic rings. The van der Waals surface area contributed by atoms with Crippen LogP contribution in [0.1, 0.15) is 51.7 Å². The number of nitrogens with zero attached hydrogens (tertiary/aromatic N) is 1. The molecule has 0 aliphatic carbocycles. The van der Waals surface area contributed by atoms with Crippen LogP contribution in [0, 0.1) is 0 Å². The maximum atomic E-state index is 12.6. The Morgan fingerprint density at radius 3 is 2.79 bits per heavy atom. The van der Waals surface area contributed by atoms with E-state index in [0.29, 0.717) is 13.1 Å². The molecule has 1 aliphatic heterocycles. The second kappa shape index (κ2) is 7.99. The molecule has 1 aromatic carbocycles. The molecular formula is C19H30N2O3. The van der Waals surface area contributed by atoms with Gasteiger partial charge in [0.1, 0.15) is 5.60 Å². The molecule has 1 atom stereocenters. The molecule has 24 heavy (non-hydrogen) atoms. The minimum atomic E-state index is -0.508. The second-order valence-corrected chi connectivity index (χ2v) is 7.33. The lowest BCUT2D eigenvalue weighted by atomic mass is 9.97. The Labute approximate surface area is 145 Å². The molecule has 134 valence electrons. The summed E-state index contributed by atoms with van der Waals surface area (Å²) in [4.78, 5) is 14.4. The summed E-state index contributed by atoms with van der Waals surface area (Å²) in [5.74, 6) is 0. The number of aliphatic hydroxyl groups is 1. The van der Waals surface area contributed by atoms with Gasteiger partial charge in [-0.15, -0.1) is 0 Å². The number of ether oxygens (including phenoxy) is 1. The van der Waals surface area contributed by atoms with E-state index in [4.69, 9.17) is 4.74 Å². The Morgan fingerprint density at radius 1 is 1.42 bits per heavy atom. The maximum absolute atomic E-state index is 12.6. The molecule has 1 aromatic rings. The number of carbonyl (C=O) groups is 1. The van der Waals surface area contributed by atoms with Gasteiger partial charge in [0, 0.05) is 19.1 Å². The van der Waals surface area contributed by atoms with Crippen molar-refractivity contribution in [2.75, 3.05) is 18.1 Å². The van der Waals surface area contributed by atoms with E-state index in [0.717, 1.165) is 30.5 Å². The van der Waals surface area contributed by atoms with E-state index < -0.39 is 5.60 Å². The number of nitrogens with one attached hydrogen (secondary N) is 1. The minimum absolute atomic E-state index is 0.0689. The highest BCUT2D eigenvalue weighted by molar-refractivity contribution is 5.90.